The summed E-state index contributed by atoms with van der Waals surface area (Å²) in [6, 6.07) is 6.95. The van der Waals surface area contributed by atoms with Crippen LogP contribution in [0.2, 0.25) is 0 Å². The first-order valence-corrected chi connectivity index (χ1v) is 6.74. The Morgan fingerprint density at radius 2 is 2.25 bits per heavy atom. The molecule has 2 nitrogen and oxygen atoms in total. The predicted molar refractivity (Wildman–Crippen MR) is 69.8 cm³/mol. The molecule has 0 spiro atoms. The second-order valence-corrected chi connectivity index (χ2v) is 5.03. The molecule has 1 aromatic rings. The molecule has 0 unspecified atom stereocenters. The molecule has 2 rings (SSSR count). The third kappa shape index (κ3) is 3.22. The second kappa shape index (κ2) is 5.69. The fourth-order valence-electron chi connectivity index (χ4n) is 1.56. The van der Waals surface area contributed by atoms with E-state index < -0.39 is 0 Å². The van der Waals surface area contributed by atoms with Crippen molar-refractivity contribution in [1.29, 1.82) is 0 Å². The van der Waals surface area contributed by atoms with Crippen molar-refractivity contribution in [2.24, 2.45) is 0 Å². The lowest BCUT2D eigenvalue weighted by Crippen LogP contribution is -2.15. The summed E-state index contributed by atoms with van der Waals surface area (Å²) in [5.41, 5.74) is 1.28. The van der Waals surface area contributed by atoms with Crippen LogP contribution >= 0.6 is 15.9 Å². The number of hydrogen-bond donors (Lipinski definition) is 1. The van der Waals surface area contributed by atoms with Crippen molar-refractivity contribution in [1.82, 2.24) is 5.32 Å². The number of hydrogen-bond acceptors (Lipinski definition) is 2. The molecule has 0 aliphatic heterocycles. The summed E-state index contributed by atoms with van der Waals surface area (Å²) in [5, 5.41) is 3.51. The normalized spacial score (nSPS) is 15.1. The maximum atomic E-state index is 5.67. The van der Waals surface area contributed by atoms with Gasteiger partial charge in [0.1, 0.15) is 5.75 Å². The van der Waals surface area contributed by atoms with Gasteiger partial charge in [-0.05, 0) is 46.8 Å². The van der Waals surface area contributed by atoms with Crippen molar-refractivity contribution in [3.05, 3.63) is 28.2 Å². The quantitative estimate of drug-likeness (QED) is 0.863. The summed E-state index contributed by atoms with van der Waals surface area (Å²) in [5.74, 6) is 0.956. The van der Waals surface area contributed by atoms with Gasteiger partial charge < -0.3 is 10.1 Å². The van der Waals surface area contributed by atoms with Gasteiger partial charge in [0, 0.05) is 12.6 Å². The van der Waals surface area contributed by atoms with Gasteiger partial charge in [0.15, 0.2) is 0 Å². The molecule has 1 aliphatic carbocycles. The molecular formula is C13H18BrNO. The van der Waals surface area contributed by atoms with E-state index in [2.05, 4.69) is 40.3 Å². The molecule has 16 heavy (non-hydrogen) atoms. The molecule has 0 bridgehead atoms. The van der Waals surface area contributed by atoms with Crippen LogP contribution in [0.1, 0.15) is 31.7 Å². The largest absolute Gasteiger partial charge is 0.492 e. The van der Waals surface area contributed by atoms with Crippen molar-refractivity contribution in [2.75, 3.05) is 6.61 Å². The first-order chi connectivity index (χ1) is 7.81. The highest BCUT2D eigenvalue weighted by Crippen LogP contribution is 2.29. The molecular weight excluding hydrogens is 266 g/mol. The molecule has 0 aromatic heterocycles. The van der Waals surface area contributed by atoms with Crippen LogP contribution in [-0.4, -0.2) is 12.6 Å². The monoisotopic (exact) mass is 283 g/mol. The summed E-state index contributed by atoms with van der Waals surface area (Å²) in [6.45, 7) is 3.82. The third-order valence-electron chi connectivity index (χ3n) is 2.66. The maximum absolute atomic E-state index is 5.67. The Bertz CT molecular complexity index is 350. The van der Waals surface area contributed by atoms with Crippen LogP contribution in [0.25, 0.3) is 0 Å². The molecule has 0 saturated heterocycles. The summed E-state index contributed by atoms with van der Waals surface area (Å²) in [7, 11) is 0. The maximum Gasteiger partial charge on any atom is 0.133 e. The summed E-state index contributed by atoms with van der Waals surface area (Å²) >= 11 is 3.62. The Balaban J connectivity index is 1.99. The van der Waals surface area contributed by atoms with Crippen LogP contribution in [0.15, 0.2) is 22.7 Å². The van der Waals surface area contributed by atoms with Crippen LogP contribution in [0.4, 0.5) is 0 Å². The van der Waals surface area contributed by atoms with Gasteiger partial charge in [-0.2, -0.15) is 0 Å². The highest BCUT2D eigenvalue weighted by molar-refractivity contribution is 9.10. The first kappa shape index (κ1) is 11.9. The van der Waals surface area contributed by atoms with E-state index in [-0.39, 0.29) is 0 Å². The molecule has 0 amide bonds. The lowest BCUT2D eigenvalue weighted by Gasteiger charge is -2.11. The van der Waals surface area contributed by atoms with Crippen molar-refractivity contribution < 1.29 is 4.74 Å². The van der Waals surface area contributed by atoms with Crippen molar-refractivity contribution >= 4 is 15.9 Å². The van der Waals surface area contributed by atoms with Gasteiger partial charge >= 0.3 is 0 Å². The minimum absolute atomic E-state index is 0.743. The van der Waals surface area contributed by atoms with Crippen LogP contribution in [0.5, 0.6) is 5.75 Å². The Morgan fingerprint density at radius 3 is 2.94 bits per heavy atom. The number of rotatable bonds is 6. The van der Waals surface area contributed by atoms with Gasteiger partial charge in [-0.1, -0.05) is 19.1 Å². The van der Waals surface area contributed by atoms with Crippen LogP contribution in [-0.2, 0) is 6.54 Å². The Labute approximate surface area is 106 Å². The molecule has 1 N–H and O–H groups in total. The summed E-state index contributed by atoms with van der Waals surface area (Å²) in [4.78, 5) is 0. The van der Waals surface area contributed by atoms with Gasteiger partial charge in [-0.15, -0.1) is 0 Å². The molecule has 3 heteroatoms. The minimum atomic E-state index is 0.743. The second-order valence-electron chi connectivity index (χ2n) is 4.23. The van der Waals surface area contributed by atoms with E-state index in [0.717, 1.165) is 35.8 Å². The van der Waals surface area contributed by atoms with Gasteiger partial charge in [0.2, 0.25) is 0 Å². The first-order valence-electron chi connectivity index (χ1n) is 5.95. The van der Waals surface area contributed by atoms with Gasteiger partial charge in [0.25, 0.3) is 0 Å². The van der Waals surface area contributed by atoms with E-state index in [0.29, 0.717) is 0 Å². The van der Waals surface area contributed by atoms with E-state index >= 15 is 0 Å². The van der Waals surface area contributed by atoms with E-state index in [1.807, 2.05) is 6.07 Å². The Morgan fingerprint density at radius 1 is 1.44 bits per heavy atom. The number of nitrogens with one attached hydrogen (secondary N) is 1. The van der Waals surface area contributed by atoms with Crippen LogP contribution in [0.3, 0.4) is 0 Å². The zero-order valence-electron chi connectivity index (χ0n) is 9.63. The molecule has 0 radical (unpaired) electrons. The van der Waals surface area contributed by atoms with Crippen LogP contribution < -0.4 is 10.1 Å². The van der Waals surface area contributed by atoms with Gasteiger partial charge in [-0.3, -0.25) is 0 Å². The van der Waals surface area contributed by atoms with E-state index in [1.54, 1.807) is 0 Å². The average Bonchev–Trinajstić information content (AvgIpc) is 3.10. The summed E-state index contributed by atoms with van der Waals surface area (Å²) < 4.78 is 6.77. The summed E-state index contributed by atoms with van der Waals surface area (Å²) in [6.07, 6.45) is 3.68. The fourth-order valence-corrected chi connectivity index (χ4v) is 2.08. The Hall–Kier alpha value is -0.540. The highest BCUT2D eigenvalue weighted by atomic mass is 79.9. The van der Waals surface area contributed by atoms with E-state index in [1.165, 1.54) is 18.4 Å². The van der Waals surface area contributed by atoms with Crippen molar-refractivity contribution in [2.45, 2.75) is 38.8 Å². The van der Waals surface area contributed by atoms with Gasteiger partial charge in [0.05, 0.1) is 11.1 Å². The molecule has 1 saturated carbocycles. The molecule has 0 atom stereocenters. The predicted octanol–water partition coefficient (Wildman–Crippen LogP) is 3.49. The fraction of sp³-hybridized carbons (Fsp3) is 0.538. The zero-order chi connectivity index (χ0) is 11.4. The van der Waals surface area contributed by atoms with Crippen molar-refractivity contribution in [3.8, 4) is 5.75 Å². The smallest absolute Gasteiger partial charge is 0.133 e. The molecule has 88 valence electrons. The molecule has 1 fully saturated rings. The van der Waals surface area contributed by atoms with Gasteiger partial charge in [-0.25, -0.2) is 0 Å². The average molecular weight is 284 g/mol. The van der Waals surface area contributed by atoms with E-state index in [9.17, 15) is 0 Å². The van der Waals surface area contributed by atoms with Crippen molar-refractivity contribution in [3.63, 3.8) is 0 Å². The topological polar surface area (TPSA) is 21.3 Å². The number of benzene rings is 1. The standard InChI is InChI=1S/C13H18BrNO/c1-2-8-16-12-5-3-4-10(13(12)14)9-15-11-6-7-11/h3-5,11,15H,2,6-9H2,1H3. The lowest BCUT2D eigenvalue weighted by molar-refractivity contribution is 0.315. The Kier molecular flexibility index (Phi) is 4.24. The number of ether oxygens (including phenoxy) is 1. The zero-order valence-corrected chi connectivity index (χ0v) is 11.2. The van der Waals surface area contributed by atoms with Crippen LogP contribution in [0, 0.1) is 0 Å². The highest BCUT2D eigenvalue weighted by Gasteiger charge is 2.20. The number of halogens is 1. The minimum Gasteiger partial charge on any atom is -0.492 e. The molecule has 0 heterocycles. The SMILES string of the molecule is CCCOc1cccc(CNC2CC2)c1Br. The molecule has 1 aliphatic rings. The lowest BCUT2D eigenvalue weighted by atomic mass is 10.2. The molecule has 1 aromatic carbocycles. The van der Waals surface area contributed by atoms with E-state index in [4.69, 9.17) is 4.74 Å². The third-order valence-corrected chi connectivity index (χ3v) is 3.56.